The zero-order chi connectivity index (χ0) is 20.6. The van der Waals surface area contributed by atoms with Crippen LogP contribution in [0.5, 0.6) is 5.75 Å². The van der Waals surface area contributed by atoms with Gasteiger partial charge in [-0.2, -0.15) is 0 Å². The zero-order valence-corrected chi connectivity index (χ0v) is 14.7. The van der Waals surface area contributed by atoms with Crippen LogP contribution in [0.15, 0.2) is 54.6 Å². The molecule has 150 valence electrons. The summed E-state index contributed by atoms with van der Waals surface area (Å²) in [5.74, 6) is -1.37. The number of ether oxygens (including phenoxy) is 1. The van der Waals surface area contributed by atoms with Crippen molar-refractivity contribution in [1.82, 2.24) is 10.6 Å². The number of hydrogen-bond acceptors (Lipinski definition) is 4. The van der Waals surface area contributed by atoms with E-state index >= 15 is 0 Å². The summed E-state index contributed by atoms with van der Waals surface area (Å²) in [7, 11) is 0. The molecule has 0 aromatic heterocycles. The van der Waals surface area contributed by atoms with Crippen LogP contribution < -0.4 is 15.4 Å². The number of carbonyl (C=O) groups excluding carboxylic acids is 2. The Kier molecular flexibility index (Phi) is 7.39. The van der Waals surface area contributed by atoms with Crippen LogP contribution in [-0.4, -0.2) is 42.5 Å². The van der Waals surface area contributed by atoms with E-state index < -0.39 is 24.2 Å². The number of alkyl halides is 3. The van der Waals surface area contributed by atoms with Crippen molar-refractivity contribution in [3.05, 3.63) is 65.7 Å². The quantitative estimate of drug-likeness (QED) is 0.637. The highest BCUT2D eigenvalue weighted by molar-refractivity contribution is 5.97. The van der Waals surface area contributed by atoms with Gasteiger partial charge in [-0.05, 0) is 29.8 Å². The smallest absolute Gasteiger partial charge is 0.406 e. The maximum Gasteiger partial charge on any atom is 0.573 e. The van der Waals surface area contributed by atoms with Crippen molar-refractivity contribution in [3.8, 4) is 5.75 Å². The summed E-state index contributed by atoms with van der Waals surface area (Å²) < 4.78 is 40.5. The van der Waals surface area contributed by atoms with Crippen molar-refractivity contribution in [3.63, 3.8) is 0 Å². The van der Waals surface area contributed by atoms with Crippen molar-refractivity contribution in [2.75, 3.05) is 13.2 Å². The molecule has 0 fully saturated rings. The maximum atomic E-state index is 12.3. The summed E-state index contributed by atoms with van der Waals surface area (Å²) in [4.78, 5) is 24.7. The van der Waals surface area contributed by atoms with E-state index in [0.717, 1.165) is 12.1 Å². The molecule has 1 atom stereocenters. The average molecular weight is 396 g/mol. The van der Waals surface area contributed by atoms with E-state index in [4.69, 9.17) is 5.11 Å². The van der Waals surface area contributed by atoms with Crippen molar-refractivity contribution in [2.24, 2.45) is 0 Å². The Labute approximate surface area is 159 Å². The monoisotopic (exact) mass is 396 g/mol. The van der Waals surface area contributed by atoms with Crippen LogP contribution in [-0.2, 0) is 11.2 Å². The molecular weight excluding hydrogens is 377 g/mol. The summed E-state index contributed by atoms with van der Waals surface area (Å²) in [6.45, 7) is -0.260. The Balaban J connectivity index is 2.10. The number of hydrogen-bond donors (Lipinski definition) is 3. The number of rotatable bonds is 8. The molecule has 0 saturated carbocycles. The lowest BCUT2D eigenvalue weighted by Crippen LogP contribution is -2.48. The lowest BCUT2D eigenvalue weighted by Gasteiger charge is -2.19. The standard InChI is InChI=1S/C19H19F3N2O4/c20-19(21,22)28-15-8-6-13(7-9-15)12-16(18(27)23-10-11-25)24-17(26)14-4-2-1-3-5-14/h1-9,16,25H,10-12H2,(H,23,27)(H,24,26). The highest BCUT2D eigenvalue weighted by Crippen LogP contribution is 2.23. The number of amides is 2. The molecule has 2 rings (SSSR count). The lowest BCUT2D eigenvalue weighted by atomic mass is 10.0. The fraction of sp³-hybridized carbons (Fsp3) is 0.263. The highest BCUT2D eigenvalue weighted by atomic mass is 19.4. The topological polar surface area (TPSA) is 87.7 Å². The first-order chi connectivity index (χ1) is 13.3. The zero-order valence-electron chi connectivity index (χ0n) is 14.7. The van der Waals surface area contributed by atoms with Crippen LogP contribution >= 0.6 is 0 Å². The predicted molar refractivity (Wildman–Crippen MR) is 94.6 cm³/mol. The largest absolute Gasteiger partial charge is 0.573 e. The van der Waals surface area contributed by atoms with Crippen molar-refractivity contribution in [1.29, 1.82) is 0 Å². The van der Waals surface area contributed by atoms with Crippen molar-refractivity contribution < 1.29 is 32.6 Å². The van der Waals surface area contributed by atoms with E-state index in [1.165, 1.54) is 12.1 Å². The van der Waals surface area contributed by atoms with E-state index in [1.807, 2.05) is 0 Å². The first kappa shape index (κ1) is 21.2. The van der Waals surface area contributed by atoms with Gasteiger partial charge in [-0.25, -0.2) is 0 Å². The highest BCUT2D eigenvalue weighted by Gasteiger charge is 2.31. The molecule has 2 aromatic carbocycles. The molecular formula is C19H19F3N2O4. The Morgan fingerprint density at radius 1 is 1.04 bits per heavy atom. The van der Waals surface area contributed by atoms with Gasteiger partial charge in [0.2, 0.25) is 5.91 Å². The van der Waals surface area contributed by atoms with Gasteiger partial charge in [0.25, 0.3) is 5.91 Å². The molecule has 1 unspecified atom stereocenters. The molecule has 0 aliphatic rings. The maximum absolute atomic E-state index is 12.3. The first-order valence-electron chi connectivity index (χ1n) is 8.37. The molecule has 0 aliphatic carbocycles. The summed E-state index contributed by atoms with van der Waals surface area (Å²) in [5.41, 5.74) is 0.878. The number of nitrogens with one attached hydrogen (secondary N) is 2. The van der Waals surface area contributed by atoms with Gasteiger partial charge in [-0.3, -0.25) is 9.59 Å². The average Bonchev–Trinajstić information content (AvgIpc) is 2.66. The molecule has 9 heteroatoms. The third-order valence-electron chi connectivity index (χ3n) is 3.67. The van der Waals surface area contributed by atoms with E-state index in [9.17, 15) is 22.8 Å². The molecule has 0 saturated heterocycles. The molecule has 28 heavy (non-hydrogen) atoms. The molecule has 6 nitrogen and oxygen atoms in total. The van der Waals surface area contributed by atoms with E-state index in [2.05, 4.69) is 15.4 Å². The number of benzene rings is 2. The van der Waals surface area contributed by atoms with Crippen molar-refractivity contribution >= 4 is 11.8 Å². The van der Waals surface area contributed by atoms with E-state index in [-0.39, 0.29) is 25.3 Å². The lowest BCUT2D eigenvalue weighted by molar-refractivity contribution is -0.274. The van der Waals surface area contributed by atoms with Crippen LogP contribution in [0.1, 0.15) is 15.9 Å². The first-order valence-corrected chi connectivity index (χ1v) is 8.37. The number of carbonyl (C=O) groups is 2. The minimum Gasteiger partial charge on any atom is -0.406 e. The Hall–Kier alpha value is -3.07. The van der Waals surface area contributed by atoms with Gasteiger partial charge in [0.15, 0.2) is 0 Å². The summed E-state index contributed by atoms with van der Waals surface area (Å²) in [6, 6.07) is 12.3. The third kappa shape index (κ3) is 6.92. The van der Waals surface area contributed by atoms with Gasteiger partial charge in [-0.1, -0.05) is 30.3 Å². The van der Waals surface area contributed by atoms with Gasteiger partial charge in [0.1, 0.15) is 11.8 Å². The van der Waals surface area contributed by atoms with Crippen LogP contribution in [0.4, 0.5) is 13.2 Å². The van der Waals surface area contributed by atoms with Gasteiger partial charge < -0.3 is 20.5 Å². The minimum absolute atomic E-state index is 0.00883. The minimum atomic E-state index is -4.79. The summed E-state index contributed by atoms with van der Waals surface area (Å²) >= 11 is 0. The predicted octanol–water partition coefficient (Wildman–Crippen LogP) is 2.03. The Morgan fingerprint density at radius 3 is 2.25 bits per heavy atom. The van der Waals surface area contributed by atoms with Crippen LogP contribution in [0.3, 0.4) is 0 Å². The molecule has 0 spiro atoms. The molecule has 3 N–H and O–H groups in total. The molecule has 2 amide bonds. The van der Waals surface area contributed by atoms with Crippen LogP contribution in [0, 0.1) is 0 Å². The van der Waals surface area contributed by atoms with Gasteiger partial charge in [-0.15, -0.1) is 13.2 Å². The molecule has 0 radical (unpaired) electrons. The van der Waals surface area contributed by atoms with E-state index in [0.29, 0.717) is 11.1 Å². The SMILES string of the molecule is O=C(NC(Cc1ccc(OC(F)(F)F)cc1)C(=O)NCCO)c1ccccc1. The normalized spacial score (nSPS) is 12.1. The van der Waals surface area contributed by atoms with Gasteiger partial charge in [0.05, 0.1) is 6.61 Å². The van der Waals surface area contributed by atoms with Crippen LogP contribution in [0.2, 0.25) is 0 Å². The van der Waals surface area contributed by atoms with E-state index in [1.54, 1.807) is 30.3 Å². The summed E-state index contributed by atoms with van der Waals surface area (Å²) in [6.07, 6.45) is -4.75. The van der Waals surface area contributed by atoms with Crippen molar-refractivity contribution in [2.45, 2.75) is 18.8 Å². The van der Waals surface area contributed by atoms with Gasteiger partial charge in [0, 0.05) is 18.5 Å². The fourth-order valence-electron chi connectivity index (χ4n) is 2.41. The fourth-order valence-corrected chi connectivity index (χ4v) is 2.41. The second-order valence-corrected chi connectivity index (χ2v) is 5.80. The van der Waals surface area contributed by atoms with Crippen LogP contribution in [0.25, 0.3) is 0 Å². The van der Waals surface area contributed by atoms with Gasteiger partial charge >= 0.3 is 6.36 Å². The number of aliphatic hydroxyl groups excluding tert-OH is 1. The molecule has 2 aromatic rings. The second kappa shape index (κ2) is 9.75. The third-order valence-corrected chi connectivity index (χ3v) is 3.67. The number of aliphatic hydroxyl groups is 1. The molecule has 0 bridgehead atoms. The summed E-state index contributed by atoms with van der Waals surface area (Å²) in [5, 5.41) is 13.9. The number of halogens is 3. The molecule has 0 aliphatic heterocycles. The second-order valence-electron chi connectivity index (χ2n) is 5.80. The Morgan fingerprint density at radius 2 is 1.68 bits per heavy atom. The Bertz CT molecular complexity index is 780. The molecule has 0 heterocycles.